The lowest BCUT2D eigenvalue weighted by molar-refractivity contribution is -0.274. The molecule has 0 aliphatic carbocycles. The Labute approximate surface area is 158 Å². The smallest absolute Gasteiger partial charge is 0.406 e. The van der Waals surface area contributed by atoms with E-state index in [0.29, 0.717) is 37.5 Å². The average molecular weight is 396 g/mol. The molecular formula is C18H19F3N4O3. The lowest BCUT2D eigenvalue weighted by Gasteiger charge is -2.37. The molecule has 3 heterocycles. The number of benzene rings is 1. The van der Waals surface area contributed by atoms with Gasteiger partial charge in [0.05, 0.1) is 18.7 Å². The number of hydrogen-bond acceptors (Lipinski definition) is 6. The van der Waals surface area contributed by atoms with E-state index in [4.69, 9.17) is 4.74 Å². The molecule has 0 saturated carbocycles. The Morgan fingerprint density at radius 3 is 2.79 bits per heavy atom. The predicted octanol–water partition coefficient (Wildman–Crippen LogP) is 2.58. The summed E-state index contributed by atoms with van der Waals surface area (Å²) in [6.45, 7) is 4.49. The van der Waals surface area contributed by atoms with E-state index in [-0.39, 0.29) is 22.6 Å². The molecule has 1 spiro atoms. The minimum absolute atomic E-state index is 0.0486. The van der Waals surface area contributed by atoms with E-state index in [1.165, 1.54) is 24.5 Å². The molecule has 150 valence electrons. The second-order valence-corrected chi connectivity index (χ2v) is 7.32. The van der Waals surface area contributed by atoms with E-state index in [1.54, 1.807) is 6.92 Å². The first-order valence-corrected chi connectivity index (χ1v) is 8.88. The lowest BCUT2D eigenvalue weighted by atomic mass is 9.85. The van der Waals surface area contributed by atoms with E-state index in [9.17, 15) is 18.0 Å². The second-order valence-electron chi connectivity index (χ2n) is 7.32. The quantitative estimate of drug-likeness (QED) is 0.856. The van der Waals surface area contributed by atoms with E-state index in [2.05, 4.69) is 20.0 Å². The summed E-state index contributed by atoms with van der Waals surface area (Å²) in [6.07, 6.45) is -2.61. The van der Waals surface area contributed by atoms with E-state index >= 15 is 0 Å². The van der Waals surface area contributed by atoms with Gasteiger partial charge in [0.2, 0.25) is 5.91 Å². The average Bonchev–Trinajstić information content (AvgIpc) is 3.05. The van der Waals surface area contributed by atoms with Crippen LogP contribution in [0.3, 0.4) is 0 Å². The van der Waals surface area contributed by atoms with Crippen molar-refractivity contribution in [2.24, 2.45) is 5.41 Å². The number of likely N-dealkylation sites (tertiary alicyclic amines) is 1. The molecule has 2 saturated heterocycles. The molecule has 2 fully saturated rings. The molecule has 28 heavy (non-hydrogen) atoms. The zero-order valence-corrected chi connectivity index (χ0v) is 15.1. The molecule has 1 amide bonds. The van der Waals surface area contributed by atoms with Crippen LogP contribution in [0.1, 0.15) is 13.3 Å². The van der Waals surface area contributed by atoms with Crippen molar-refractivity contribution in [2.75, 3.05) is 31.6 Å². The van der Waals surface area contributed by atoms with Crippen LogP contribution in [0.5, 0.6) is 5.75 Å². The van der Waals surface area contributed by atoms with E-state index in [0.717, 1.165) is 6.42 Å². The molecule has 10 heteroatoms. The van der Waals surface area contributed by atoms with Crippen molar-refractivity contribution >= 4 is 22.6 Å². The molecule has 0 radical (unpaired) electrons. The van der Waals surface area contributed by atoms with Crippen LogP contribution in [0, 0.1) is 5.41 Å². The molecule has 2 aliphatic heterocycles. The maximum absolute atomic E-state index is 12.8. The Morgan fingerprint density at radius 2 is 2.14 bits per heavy atom. The summed E-state index contributed by atoms with van der Waals surface area (Å²) in [4.78, 5) is 22.7. The monoisotopic (exact) mass is 396 g/mol. The number of carbonyl (C=O) groups excluding carboxylic acids is 1. The molecule has 1 aromatic heterocycles. The van der Waals surface area contributed by atoms with Crippen LogP contribution < -0.4 is 10.1 Å². The molecule has 1 aromatic carbocycles. The number of nitrogens with zero attached hydrogens (tertiary/aromatic N) is 3. The largest absolute Gasteiger partial charge is 0.573 e. The fraction of sp³-hybridized carbons (Fsp3) is 0.500. The molecule has 1 N–H and O–H groups in total. The Hall–Kier alpha value is -2.62. The van der Waals surface area contributed by atoms with E-state index < -0.39 is 12.4 Å². The van der Waals surface area contributed by atoms with Crippen molar-refractivity contribution in [2.45, 2.75) is 25.7 Å². The van der Waals surface area contributed by atoms with Gasteiger partial charge in [-0.05, 0) is 25.5 Å². The molecule has 2 aromatic rings. The Kier molecular flexibility index (Phi) is 4.53. The maximum atomic E-state index is 12.8. The summed E-state index contributed by atoms with van der Waals surface area (Å²) in [7, 11) is 0. The summed E-state index contributed by atoms with van der Waals surface area (Å²) < 4.78 is 46.4. The number of fused-ring (bicyclic) bond motifs is 1. The standard InChI is InChI=1S/C18H19F3N4O3/c1-11(16(26)25-5-4-17(7-25)8-27-9-17)24-15-13-3-2-12(28-18(19,20)21)6-14(13)22-10-23-15/h2-3,6,10-11H,4-5,7-9H2,1H3,(H,22,23,24)/t11-/m1/s1. The minimum Gasteiger partial charge on any atom is -0.406 e. The fourth-order valence-corrected chi connectivity index (χ4v) is 3.64. The van der Waals surface area contributed by atoms with Gasteiger partial charge in [0, 0.05) is 30.0 Å². The number of anilines is 1. The Balaban J connectivity index is 1.48. The molecule has 0 unspecified atom stereocenters. The highest BCUT2D eigenvalue weighted by Gasteiger charge is 2.46. The summed E-state index contributed by atoms with van der Waals surface area (Å²) in [5, 5.41) is 3.56. The van der Waals surface area contributed by atoms with Gasteiger partial charge in [-0.3, -0.25) is 4.79 Å². The minimum atomic E-state index is -4.78. The van der Waals surface area contributed by atoms with Crippen molar-refractivity contribution in [3.05, 3.63) is 24.5 Å². The van der Waals surface area contributed by atoms with Crippen LogP contribution in [-0.4, -0.2) is 59.5 Å². The third-order valence-corrected chi connectivity index (χ3v) is 5.13. The number of nitrogens with one attached hydrogen (secondary N) is 1. The summed E-state index contributed by atoms with van der Waals surface area (Å²) in [5.74, 6) is -0.0308. The number of halogens is 3. The topological polar surface area (TPSA) is 76.6 Å². The first kappa shape index (κ1) is 18.7. The Morgan fingerprint density at radius 1 is 1.36 bits per heavy atom. The van der Waals surface area contributed by atoms with E-state index in [1.807, 2.05) is 4.90 Å². The van der Waals surface area contributed by atoms with Crippen molar-refractivity contribution in [3.8, 4) is 5.75 Å². The van der Waals surface area contributed by atoms with Gasteiger partial charge in [-0.1, -0.05) is 0 Å². The SMILES string of the molecule is C[C@@H](Nc1ncnc2cc(OC(F)(F)F)ccc12)C(=O)N1CCC2(COC2)C1. The van der Waals surface area contributed by atoms with Gasteiger partial charge in [-0.25, -0.2) is 9.97 Å². The maximum Gasteiger partial charge on any atom is 0.573 e. The van der Waals surface area contributed by atoms with Gasteiger partial charge in [0.1, 0.15) is 23.9 Å². The molecule has 0 bridgehead atoms. The third-order valence-electron chi connectivity index (χ3n) is 5.13. The van der Waals surface area contributed by atoms with Gasteiger partial charge in [0.15, 0.2) is 0 Å². The molecule has 2 aliphatic rings. The summed E-state index contributed by atoms with van der Waals surface area (Å²) in [6, 6.07) is 3.27. The number of rotatable bonds is 4. The molecule has 7 nitrogen and oxygen atoms in total. The lowest BCUT2D eigenvalue weighted by Crippen LogP contribution is -2.47. The highest BCUT2D eigenvalue weighted by molar-refractivity contribution is 5.92. The number of carbonyl (C=O) groups is 1. The van der Waals surface area contributed by atoms with Crippen LogP contribution >= 0.6 is 0 Å². The van der Waals surface area contributed by atoms with Crippen molar-refractivity contribution < 1.29 is 27.4 Å². The fourth-order valence-electron chi connectivity index (χ4n) is 3.64. The number of amides is 1. The van der Waals surface area contributed by atoms with Crippen LogP contribution in [0.25, 0.3) is 10.9 Å². The molecule has 4 rings (SSSR count). The number of hydrogen-bond donors (Lipinski definition) is 1. The van der Waals surface area contributed by atoms with Gasteiger partial charge in [-0.2, -0.15) is 0 Å². The second kappa shape index (κ2) is 6.77. The van der Waals surface area contributed by atoms with Crippen molar-refractivity contribution in [1.82, 2.24) is 14.9 Å². The van der Waals surface area contributed by atoms with Gasteiger partial charge < -0.3 is 19.7 Å². The number of ether oxygens (including phenoxy) is 2. The van der Waals surface area contributed by atoms with Crippen molar-refractivity contribution in [1.29, 1.82) is 0 Å². The first-order chi connectivity index (χ1) is 13.2. The summed E-state index contributed by atoms with van der Waals surface area (Å²) >= 11 is 0. The van der Waals surface area contributed by atoms with Gasteiger partial charge in [-0.15, -0.1) is 13.2 Å². The van der Waals surface area contributed by atoms with Crippen LogP contribution in [0.4, 0.5) is 19.0 Å². The first-order valence-electron chi connectivity index (χ1n) is 8.88. The Bertz CT molecular complexity index is 901. The molecular weight excluding hydrogens is 377 g/mol. The number of alkyl halides is 3. The normalized spacial score (nSPS) is 19.5. The van der Waals surface area contributed by atoms with Gasteiger partial charge >= 0.3 is 6.36 Å². The van der Waals surface area contributed by atoms with Crippen LogP contribution in [-0.2, 0) is 9.53 Å². The van der Waals surface area contributed by atoms with Crippen LogP contribution in [0.15, 0.2) is 24.5 Å². The molecule has 1 atom stereocenters. The third kappa shape index (κ3) is 3.68. The zero-order valence-electron chi connectivity index (χ0n) is 15.1. The zero-order chi connectivity index (χ0) is 19.9. The highest BCUT2D eigenvalue weighted by Crippen LogP contribution is 2.37. The number of aromatic nitrogens is 2. The van der Waals surface area contributed by atoms with Crippen molar-refractivity contribution in [3.63, 3.8) is 0 Å². The predicted molar refractivity (Wildman–Crippen MR) is 93.8 cm³/mol. The van der Waals surface area contributed by atoms with Gasteiger partial charge in [0.25, 0.3) is 0 Å². The highest BCUT2D eigenvalue weighted by atomic mass is 19.4. The summed E-state index contributed by atoms with van der Waals surface area (Å²) in [5.41, 5.74) is 0.386. The van der Waals surface area contributed by atoms with Crippen LogP contribution in [0.2, 0.25) is 0 Å².